The smallest absolute Gasteiger partial charge is 0.358 e. The van der Waals surface area contributed by atoms with Crippen LogP contribution in [-0.2, 0) is 4.74 Å². The van der Waals surface area contributed by atoms with Crippen molar-refractivity contribution in [1.82, 2.24) is 9.78 Å². The summed E-state index contributed by atoms with van der Waals surface area (Å²) in [5.41, 5.74) is 0.874. The average molecular weight is 203 g/mol. The lowest BCUT2D eigenvalue weighted by atomic mass is 10.3. The zero-order valence-corrected chi connectivity index (χ0v) is 8.18. The third-order valence-electron chi connectivity index (χ3n) is 1.93. The zero-order valence-electron chi connectivity index (χ0n) is 9.18. The first-order chi connectivity index (χ1) is 7.72. The molecule has 4 heteroatoms. The van der Waals surface area contributed by atoms with E-state index in [4.69, 9.17) is 1.37 Å². The molecule has 0 aliphatic rings. The number of hydrogen-bond acceptors (Lipinski definition) is 3. The van der Waals surface area contributed by atoms with Gasteiger partial charge < -0.3 is 4.74 Å². The highest BCUT2D eigenvalue weighted by atomic mass is 16.5. The first kappa shape index (κ1) is 8.23. The maximum atomic E-state index is 11.2. The fourth-order valence-corrected chi connectivity index (χ4v) is 1.19. The Kier molecular flexibility index (Phi) is 2.17. The Morgan fingerprint density at radius 1 is 1.40 bits per heavy atom. The van der Waals surface area contributed by atoms with Crippen LogP contribution in [0.2, 0.25) is 0 Å². The standard InChI is InChI=1S/C11H10N2O2/c1-15-11(14)10-7-8-13(12-10)9-5-3-2-4-6-9/h2-8H,1H3/i8D. The highest BCUT2D eigenvalue weighted by molar-refractivity contribution is 5.86. The molecule has 76 valence electrons. The molecule has 0 atom stereocenters. The first-order valence-electron chi connectivity index (χ1n) is 4.93. The summed E-state index contributed by atoms with van der Waals surface area (Å²) >= 11 is 0. The average Bonchev–Trinajstić information content (AvgIpc) is 2.71. The monoisotopic (exact) mass is 203 g/mol. The van der Waals surface area contributed by atoms with Crippen LogP contribution in [0, 0.1) is 0 Å². The lowest BCUT2D eigenvalue weighted by Gasteiger charge is -1.99. The van der Waals surface area contributed by atoms with E-state index in [1.54, 1.807) is 0 Å². The van der Waals surface area contributed by atoms with Gasteiger partial charge >= 0.3 is 5.97 Å². The molecular formula is C11H10N2O2. The second-order valence-corrected chi connectivity index (χ2v) is 2.90. The van der Waals surface area contributed by atoms with Crippen LogP contribution in [0.15, 0.2) is 42.6 Å². The Morgan fingerprint density at radius 3 is 2.80 bits per heavy atom. The molecule has 0 aliphatic carbocycles. The molecule has 0 aliphatic heterocycles. The van der Waals surface area contributed by atoms with E-state index in [1.807, 2.05) is 30.3 Å². The molecule has 0 spiro atoms. The number of rotatable bonds is 2. The fraction of sp³-hybridized carbons (Fsp3) is 0.0909. The Hall–Kier alpha value is -2.10. The van der Waals surface area contributed by atoms with E-state index in [1.165, 1.54) is 17.9 Å². The van der Waals surface area contributed by atoms with Crippen LogP contribution in [0.25, 0.3) is 5.69 Å². The summed E-state index contributed by atoms with van der Waals surface area (Å²) in [6.45, 7) is 0. The van der Waals surface area contributed by atoms with Crippen molar-refractivity contribution in [2.45, 2.75) is 0 Å². The summed E-state index contributed by atoms with van der Waals surface area (Å²) in [5, 5.41) is 4.01. The summed E-state index contributed by atoms with van der Waals surface area (Å²) in [6.07, 6.45) is 0.145. The molecule has 0 radical (unpaired) electrons. The Labute approximate surface area is 88.5 Å². The van der Waals surface area contributed by atoms with Gasteiger partial charge in [0.05, 0.1) is 14.2 Å². The van der Waals surface area contributed by atoms with Gasteiger partial charge in [0.15, 0.2) is 5.69 Å². The van der Waals surface area contributed by atoms with Gasteiger partial charge in [-0.15, -0.1) is 0 Å². The van der Waals surface area contributed by atoms with Crippen molar-refractivity contribution in [2.75, 3.05) is 7.11 Å². The number of hydrogen-bond donors (Lipinski definition) is 0. The molecule has 4 nitrogen and oxygen atoms in total. The summed E-state index contributed by atoms with van der Waals surface area (Å²) in [4.78, 5) is 11.2. The molecule has 1 aromatic carbocycles. The molecule has 2 aromatic rings. The quantitative estimate of drug-likeness (QED) is 0.697. The fourth-order valence-electron chi connectivity index (χ4n) is 1.19. The van der Waals surface area contributed by atoms with Crippen molar-refractivity contribution in [2.24, 2.45) is 0 Å². The van der Waals surface area contributed by atoms with Crippen molar-refractivity contribution >= 4 is 5.97 Å². The molecular weight excluding hydrogens is 192 g/mol. The van der Waals surface area contributed by atoms with E-state index in [9.17, 15) is 4.79 Å². The van der Waals surface area contributed by atoms with Gasteiger partial charge in [-0.3, -0.25) is 0 Å². The molecule has 0 amide bonds. The van der Waals surface area contributed by atoms with Gasteiger partial charge in [-0.1, -0.05) is 18.2 Å². The molecule has 2 rings (SSSR count). The van der Waals surface area contributed by atoms with E-state index in [-0.39, 0.29) is 11.9 Å². The maximum Gasteiger partial charge on any atom is 0.358 e. The van der Waals surface area contributed by atoms with Crippen molar-refractivity contribution < 1.29 is 10.9 Å². The minimum atomic E-state index is -0.539. The molecule has 0 N–H and O–H groups in total. The van der Waals surface area contributed by atoms with E-state index < -0.39 is 5.97 Å². The van der Waals surface area contributed by atoms with E-state index in [0.29, 0.717) is 0 Å². The van der Waals surface area contributed by atoms with Gasteiger partial charge in [0, 0.05) is 6.17 Å². The molecule has 1 heterocycles. The number of esters is 1. The Bertz CT molecular complexity index is 508. The number of methoxy groups -OCH3 is 1. The number of ether oxygens (including phenoxy) is 1. The van der Waals surface area contributed by atoms with Gasteiger partial charge in [0.25, 0.3) is 0 Å². The number of aromatic nitrogens is 2. The lowest BCUT2D eigenvalue weighted by molar-refractivity contribution is 0.0593. The van der Waals surface area contributed by atoms with Crippen molar-refractivity contribution in [3.63, 3.8) is 0 Å². The maximum absolute atomic E-state index is 11.2. The largest absolute Gasteiger partial charge is 0.464 e. The zero-order chi connectivity index (χ0) is 11.5. The lowest BCUT2D eigenvalue weighted by Crippen LogP contribution is -2.03. The summed E-state index contributed by atoms with van der Waals surface area (Å²) in [5.74, 6) is -0.539. The number of carbonyl (C=O) groups excluding carboxylic acids is 1. The minimum Gasteiger partial charge on any atom is -0.464 e. The Morgan fingerprint density at radius 2 is 2.13 bits per heavy atom. The molecule has 15 heavy (non-hydrogen) atoms. The number of carbonyl (C=O) groups is 1. The molecule has 1 aromatic heterocycles. The third kappa shape index (κ3) is 1.88. The first-order valence-corrected chi connectivity index (χ1v) is 4.43. The van der Waals surface area contributed by atoms with Gasteiger partial charge in [-0.05, 0) is 18.2 Å². The van der Waals surface area contributed by atoms with Crippen LogP contribution in [0.4, 0.5) is 0 Å². The second kappa shape index (κ2) is 3.96. The molecule has 0 saturated carbocycles. The van der Waals surface area contributed by atoms with Crippen LogP contribution >= 0.6 is 0 Å². The molecule has 0 unspecified atom stereocenters. The molecule has 0 saturated heterocycles. The Balaban J connectivity index is 2.44. The van der Waals surface area contributed by atoms with Gasteiger partial charge in [-0.25, -0.2) is 9.48 Å². The predicted octanol–water partition coefficient (Wildman–Crippen LogP) is 1.66. The topological polar surface area (TPSA) is 44.1 Å². The number of benzene rings is 1. The molecule has 0 fully saturated rings. The van der Waals surface area contributed by atoms with E-state index in [0.717, 1.165) is 5.69 Å². The summed E-state index contributed by atoms with van der Waals surface area (Å²) in [6, 6.07) is 10.6. The van der Waals surface area contributed by atoms with Crippen LogP contribution in [0.5, 0.6) is 0 Å². The van der Waals surface area contributed by atoms with Crippen LogP contribution in [0.1, 0.15) is 11.9 Å². The van der Waals surface area contributed by atoms with E-state index in [2.05, 4.69) is 9.84 Å². The highest BCUT2D eigenvalue weighted by Gasteiger charge is 2.09. The van der Waals surface area contributed by atoms with Crippen LogP contribution in [-0.4, -0.2) is 22.9 Å². The SMILES string of the molecule is [2H]c1cc(C(=O)OC)nn1-c1ccccc1. The number of para-hydroxylation sites is 1. The van der Waals surface area contributed by atoms with Gasteiger partial charge in [0.2, 0.25) is 0 Å². The van der Waals surface area contributed by atoms with E-state index >= 15 is 0 Å². The highest BCUT2D eigenvalue weighted by Crippen LogP contribution is 2.07. The summed E-state index contributed by atoms with van der Waals surface area (Å²) in [7, 11) is 1.29. The molecule has 0 bridgehead atoms. The van der Waals surface area contributed by atoms with Crippen molar-refractivity contribution in [3.8, 4) is 5.69 Å². The number of nitrogens with zero attached hydrogens (tertiary/aromatic N) is 2. The van der Waals surface area contributed by atoms with Crippen molar-refractivity contribution in [1.29, 1.82) is 0 Å². The predicted molar refractivity (Wildman–Crippen MR) is 54.9 cm³/mol. The van der Waals surface area contributed by atoms with Gasteiger partial charge in [0.1, 0.15) is 0 Å². The van der Waals surface area contributed by atoms with Gasteiger partial charge in [-0.2, -0.15) is 5.10 Å². The van der Waals surface area contributed by atoms with Crippen LogP contribution < -0.4 is 0 Å². The van der Waals surface area contributed by atoms with Crippen LogP contribution in [0.3, 0.4) is 0 Å². The second-order valence-electron chi connectivity index (χ2n) is 2.90. The minimum absolute atomic E-state index is 0.136. The summed E-state index contributed by atoms with van der Waals surface area (Å²) < 4.78 is 13.6. The third-order valence-corrected chi connectivity index (χ3v) is 1.93. The normalized spacial score (nSPS) is 10.9. The van der Waals surface area contributed by atoms with Crippen molar-refractivity contribution in [3.05, 3.63) is 48.3 Å².